The van der Waals surface area contributed by atoms with E-state index < -0.39 is 30.5 Å². The fraction of sp³-hybridized carbons (Fsp3) is 0.787. The third-order valence-electron chi connectivity index (χ3n) is 15.1. The molecule has 0 aromatic heterocycles. The first-order valence-corrected chi connectivity index (χ1v) is 22.4. The van der Waals surface area contributed by atoms with E-state index in [0.29, 0.717) is 18.9 Å². The maximum atomic E-state index is 15.5. The summed E-state index contributed by atoms with van der Waals surface area (Å²) in [7, 11) is 9.10. The highest BCUT2D eigenvalue weighted by Gasteiger charge is 2.60. The summed E-state index contributed by atoms with van der Waals surface area (Å²) in [6, 6.07) is 6.99. The van der Waals surface area contributed by atoms with Gasteiger partial charge in [0.15, 0.2) is 12.6 Å². The van der Waals surface area contributed by atoms with E-state index in [1.54, 1.807) is 21.3 Å². The normalized spacial score (nSPS) is 44.3. The van der Waals surface area contributed by atoms with Crippen LogP contribution in [-0.4, -0.2) is 120 Å². The van der Waals surface area contributed by atoms with Gasteiger partial charge in [-0.1, -0.05) is 38.1 Å². The number of nitrogens with zero attached hydrogens (tertiary/aromatic N) is 1. The summed E-state index contributed by atoms with van der Waals surface area (Å²) in [5.41, 5.74) is 0.925. The summed E-state index contributed by atoms with van der Waals surface area (Å²) >= 11 is 0. The number of rotatable bonds is 10. The lowest BCUT2D eigenvalue weighted by molar-refractivity contribution is -0.314. The third kappa shape index (κ3) is 9.26. The number of esters is 1. The second kappa shape index (κ2) is 19.4. The van der Waals surface area contributed by atoms with Crippen molar-refractivity contribution in [3.05, 3.63) is 47.8 Å². The average Bonchev–Trinajstić information content (AvgIpc) is 3.77. The Kier molecular flexibility index (Phi) is 14.7. The Morgan fingerprint density at radius 1 is 0.797 bits per heavy atom. The summed E-state index contributed by atoms with van der Waals surface area (Å²) in [4.78, 5) is 31.7. The third-order valence-corrected chi connectivity index (χ3v) is 15.1. The lowest BCUT2D eigenvalue weighted by atomic mass is 9.67. The van der Waals surface area contributed by atoms with Crippen LogP contribution >= 0.6 is 0 Å². The second-order valence-corrected chi connectivity index (χ2v) is 18.6. The van der Waals surface area contributed by atoms with Gasteiger partial charge in [-0.2, -0.15) is 0 Å². The van der Waals surface area contributed by atoms with Crippen LogP contribution in [0.15, 0.2) is 36.4 Å². The molecular weight excluding hydrogens is 758 g/mol. The summed E-state index contributed by atoms with van der Waals surface area (Å²) in [5.74, 6) is -1.71. The number of likely N-dealkylation sites (N-methyl/N-ethyl adjacent to an activating group) is 1. The second-order valence-electron chi connectivity index (χ2n) is 18.6. The van der Waals surface area contributed by atoms with Crippen LogP contribution in [0.25, 0.3) is 0 Å². The highest BCUT2D eigenvalue weighted by molar-refractivity contribution is 5.86. The number of benzene rings is 1. The molecule has 0 N–H and O–H groups in total. The van der Waals surface area contributed by atoms with E-state index in [4.69, 9.17) is 37.9 Å². The largest absolute Gasteiger partial charge is 0.462 e. The van der Waals surface area contributed by atoms with Gasteiger partial charge in [0.1, 0.15) is 36.0 Å². The van der Waals surface area contributed by atoms with E-state index >= 15 is 4.79 Å². The summed E-state index contributed by atoms with van der Waals surface area (Å²) in [5, 5.41) is 0. The number of carbonyl (C=O) groups is 2. The molecule has 0 spiro atoms. The number of allylic oxidation sites excluding steroid dienone is 2. The molecule has 1 aromatic rings. The molecule has 0 radical (unpaired) electrons. The van der Waals surface area contributed by atoms with Gasteiger partial charge >= 0.3 is 5.97 Å². The number of fused-ring (bicyclic) bond motifs is 5. The van der Waals surface area contributed by atoms with E-state index in [9.17, 15) is 9.18 Å². The Hall–Kier alpha value is -2.29. The van der Waals surface area contributed by atoms with Crippen molar-refractivity contribution in [2.45, 2.75) is 159 Å². The van der Waals surface area contributed by atoms with E-state index in [-0.39, 0.29) is 102 Å². The minimum atomic E-state index is -0.659. The summed E-state index contributed by atoms with van der Waals surface area (Å²) in [6.45, 7) is 8.13. The highest BCUT2D eigenvalue weighted by Crippen LogP contribution is 2.62. The Balaban J connectivity index is 1.20. The molecule has 7 rings (SSSR count). The zero-order valence-corrected chi connectivity index (χ0v) is 36.7. The van der Waals surface area contributed by atoms with Crippen molar-refractivity contribution in [2.24, 2.45) is 41.4 Å². The van der Waals surface area contributed by atoms with E-state index in [0.717, 1.165) is 44.1 Å². The number of ketones is 1. The lowest BCUT2D eigenvalue weighted by Gasteiger charge is -2.44. The molecule has 0 amide bonds. The molecule has 19 atom stereocenters. The fourth-order valence-electron chi connectivity index (χ4n) is 12.2. The Morgan fingerprint density at radius 2 is 1.53 bits per heavy atom. The maximum Gasteiger partial charge on any atom is 0.306 e. The average molecular weight is 828 g/mol. The Morgan fingerprint density at radius 3 is 2.19 bits per heavy atom. The van der Waals surface area contributed by atoms with E-state index in [2.05, 4.69) is 45.0 Å². The van der Waals surface area contributed by atoms with Crippen molar-refractivity contribution >= 4 is 11.8 Å². The van der Waals surface area contributed by atoms with Gasteiger partial charge in [-0.3, -0.25) is 9.59 Å². The molecule has 6 aliphatic rings. The molecule has 6 unspecified atom stereocenters. The van der Waals surface area contributed by atoms with Gasteiger partial charge in [-0.15, -0.1) is 0 Å². The van der Waals surface area contributed by atoms with Crippen LogP contribution in [0.5, 0.6) is 0 Å². The first-order valence-electron chi connectivity index (χ1n) is 22.4. The van der Waals surface area contributed by atoms with Crippen LogP contribution in [0.2, 0.25) is 0 Å². The Bertz CT molecular complexity index is 1590. The van der Waals surface area contributed by atoms with Crippen LogP contribution in [0.1, 0.15) is 97.0 Å². The smallest absolute Gasteiger partial charge is 0.306 e. The van der Waals surface area contributed by atoms with Crippen LogP contribution in [-0.2, 0) is 47.5 Å². The number of Topliss-reactive ketones (excluding diaryl/α,β-unsaturated/α-hetero) is 1. The van der Waals surface area contributed by atoms with Gasteiger partial charge in [0, 0.05) is 45.6 Å². The van der Waals surface area contributed by atoms with Crippen molar-refractivity contribution in [1.82, 2.24) is 4.90 Å². The number of hydrogen-bond acceptors (Lipinski definition) is 11. The minimum absolute atomic E-state index is 0.00817. The zero-order valence-electron chi connectivity index (χ0n) is 36.7. The molecule has 330 valence electrons. The summed E-state index contributed by atoms with van der Waals surface area (Å²) in [6.07, 6.45) is 7.52. The highest BCUT2D eigenvalue weighted by atomic mass is 19.1. The van der Waals surface area contributed by atoms with Crippen LogP contribution < -0.4 is 0 Å². The molecule has 3 saturated heterocycles. The molecule has 11 nitrogen and oxygen atoms in total. The molecule has 2 saturated carbocycles. The number of cyclic esters (lactones) is 1. The molecule has 5 fully saturated rings. The van der Waals surface area contributed by atoms with Gasteiger partial charge in [-0.05, 0) is 133 Å². The molecule has 3 heterocycles. The van der Waals surface area contributed by atoms with Crippen LogP contribution in [0, 0.1) is 47.2 Å². The summed E-state index contributed by atoms with van der Waals surface area (Å²) < 4.78 is 64.9. The van der Waals surface area contributed by atoms with Gasteiger partial charge in [0.05, 0.1) is 24.4 Å². The van der Waals surface area contributed by atoms with Gasteiger partial charge < -0.3 is 42.8 Å². The number of halogens is 1. The molecule has 0 bridgehead atoms. The topological polar surface area (TPSA) is 111 Å². The predicted molar refractivity (Wildman–Crippen MR) is 219 cm³/mol. The first-order chi connectivity index (χ1) is 28.4. The molecule has 59 heavy (non-hydrogen) atoms. The van der Waals surface area contributed by atoms with Gasteiger partial charge in [0.2, 0.25) is 0 Å². The number of ether oxygens (including phenoxy) is 8. The van der Waals surface area contributed by atoms with E-state index in [1.807, 2.05) is 26.0 Å². The number of methoxy groups -OCH3 is 3. The fourth-order valence-corrected chi connectivity index (χ4v) is 12.2. The molecule has 12 heteroatoms. The number of hydrogen-bond donors (Lipinski definition) is 0. The van der Waals surface area contributed by atoms with Crippen molar-refractivity contribution < 1.29 is 51.9 Å². The van der Waals surface area contributed by atoms with Crippen molar-refractivity contribution in [3.63, 3.8) is 0 Å². The SMILES string of the molecule is CC[C@H]1CCC[C@H](O[C@H]2CC[C@H](N(C)C)C(C)O2)[C@@H](C)C(=O)C2C(c3ccc(F)cc3)[C@@H]3[C@@H](C=C[C@@H]4C[C@@H](O[C@@H]5OC(C)[C@H](OC)C(OC)C5OC)C[C@@H]34)[C@@H]2CC(=O)O1. The van der Waals surface area contributed by atoms with Crippen LogP contribution in [0.4, 0.5) is 4.39 Å². The van der Waals surface area contributed by atoms with Gasteiger partial charge in [-0.25, -0.2) is 4.39 Å². The monoisotopic (exact) mass is 827 g/mol. The molecule has 3 aliphatic heterocycles. The van der Waals surface area contributed by atoms with Crippen molar-refractivity contribution in [2.75, 3.05) is 35.4 Å². The van der Waals surface area contributed by atoms with E-state index in [1.165, 1.54) is 12.1 Å². The van der Waals surface area contributed by atoms with Crippen LogP contribution in [0.3, 0.4) is 0 Å². The first kappa shape index (κ1) is 44.8. The predicted octanol–water partition coefficient (Wildman–Crippen LogP) is 7.10. The lowest BCUT2D eigenvalue weighted by Crippen LogP contribution is -2.59. The number of carbonyl (C=O) groups excluding carboxylic acids is 2. The quantitative estimate of drug-likeness (QED) is 0.178. The molecular formula is C47H70FNO10. The zero-order chi connectivity index (χ0) is 42.1. The van der Waals surface area contributed by atoms with Crippen molar-refractivity contribution in [1.29, 1.82) is 0 Å². The Labute approximate surface area is 351 Å². The molecule has 1 aromatic carbocycles. The maximum absolute atomic E-state index is 15.5. The molecule has 3 aliphatic carbocycles. The standard InChI is InChI=1S/C47H70FNO10/c1-10-31-12-11-13-37(59-39-21-20-36(49(5)6)26(3)55-39)25(2)43(51)42-35(24-38(50)57-31)33-19-16-29-22-32(23-34(29)41(33)40(42)28-14-17-30(48)18-15-28)58-47-46(54-9)45(53-8)44(52-7)27(4)56-47/h14-19,25-27,29,31-37,39-42,44-47H,10-13,20-24H2,1-9H3/t25-,26?,27?,29-,31+,32-,33+,34-,35+,36+,37+,39+,40?,41-,42?,44+,45?,46?,47+/m1/s1. The minimum Gasteiger partial charge on any atom is -0.462 e. The van der Waals surface area contributed by atoms with Crippen molar-refractivity contribution in [3.8, 4) is 0 Å². The van der Waals surface area contributed by atoms with Gasteiger partial charge in [0.25, 0.3) is 0 Å².